The van der Waals surface area contributed by atoms with Gasteiger partial charge in [0.15, 0.2) is 0 Å². The maximum atomic E-state index is 11.7. The molecule has 1 heterocycles. The number of likely N-dealkylation sites (N-methyl/N-ethyl adjacent to an activating group) is 1. The molecule has 0 aromatic rings. The first kappa shape index (κ1) is 12.0. The van der Waals surface area contributed by atoms with E-state index in [1.165, 1.54) is 0 Å². The number of nitriles is 1. The molecule has 0 aromatic carbocycles. The molecule has 1 aliphatic heterocycles. The molecule has 4 heteroatoms. The quantitative estimate of drug-likeness (QED) is 0.743. The largest absolute Gasteiger partial charge is 0.351 e. The van der Waals surface area contributed by atoms with Gasteiger partial charge in [-0.15, -0.1) is 0 Å². The molecule has 0 spiro atoms. The Bertz CT molecular complexity index is 259. The summed E-state index contributed by atoms with van der Waals surface area (Å²) in [6.07, 6.45) is 2.52. The summed E-state index contributed by atoms with van der Waals surface area (Å²) in [7, 11) is 2.04. The van der Waals surface area contributed by atoms with Crippen molar-refractivity contribution in [3.63, 3.8) is 0 Å². The molecule has 1 aliphatic rings. The average Bonchev–Trinajstić information content (AvgIpc) is 2.60. The summed E-state index contributed by atoms with van der Waals surface area (Å²) in [4.78, 5) is 13.9. The first-order valence-electron chi connectivity index (χ1n) is 5.56. The van der Waals surface area contributed by atoms with Gasteiger partial charge in [0.2, 0.25) is 5.91 Å². The highest BCUT2D eigenvalue weighted by Crippen LogP contribution is 2.09. The number of nitrogens with one attached hydrogen (secondary N) is 1. The standard InChI is InChI=1S/C11H19N3O/c1-3-4-9(7-12)11(15)13-10-5-6-14(2)8-10/h9-10H,3-6,8H2,1-2H3,(H,13,15). The molecular weight excluding hydrogens is 190 g/mol. The maximum absolute atomic E-state index is 11.7. The van der Waals surface area contributed by atoms with Gasteiger partial charge in [0.05, 0.1) is 6.07 Å². The Morgan fingerprint density at radius 3 is 2.93 bits per heavy atom. The molecule has 0 aromatic heterocycles. The van der Waals surface area contributed by atoms with Crippen molar-refractivity contribution >= 4 is 5.91 Å². The van der Waals surface area contributed by atoms with Crippen molar-refractivity contribution in [3.05, 3.63) is 0 Å². The summed E-state index contributed by atoms with van der Waals surface area (Å²) in [5.41, 5.74) is 0. The number of carbonyl (C=O) groups excluding carboxylic acids is 1. The van der Waals surface area contributed by atoms with E-state index in [-0.39, 0.29) is 11.9 Å². The van der Waals surface area contributed by atoms with Gasteiger partial charge in [0, 0.05) is 12.6 Å². The van der Waals surface area contributed by atoms with Crippen LogP contribution in [0.3, 0.4) is 0 Å². The Balaban J connectivity index is 2.37. The fourth-order valence-corrected chi connectivity index (χ4v) is 1.90. The summed E-state index contributed by atoms with van der Waals surface area (Å²) in [6.45, 7) is 3.91. The van der Waals surface area contributed by atoms with Crippen LogP contribution in [0.15, 0.2) is 0 Å². The molecule has 0 aliphatic carbocycles. The predicted octanol–water partition coefficient (Wildman–Crippen LogP) is 0.747. The molecule has 1 rings (SSSR count). The van der Waals surface area contributed by atoms with Gasteiger partial charge in [0.25, 0.3) is 0 Å². The lowest BCUT2D eigenvalue weighted by atomic mass is 10.0. The summed E-state index contributed by atoms with van der Waals surface area (Å²) < 4.78 is 0. The highest BCUT2D eigenvalue weighted by molar-refractivity contribution is 5.81. The van der Waals surface area contributed by atoms with E-state index in [0.717, 1.165) is 25.9 Å². The summed E-state index contributed by atoms with van der Waals surface area (Å²) in [6, 6.07) is 2.29. The molecule has 84 valence electrons. The third-order valence-corrected chi connectivity index (χ3v) is 2.79. The van der Waals surface area contributed by atoms with Gasteiger partial charge < -0.3 is 10.2 Å². The Morgan fingerprint density at radius 2 is 2.47 bits per heavy atom. The summed E-state index contributed by atoms with van der Waals surface area (Å²) >= 11 is 0. The van der Waals surface area contributed by atoms with Gasteiger partial charge in [-0.2, -0.15) is 5.26 Å². The third kappa shape index (κ3) is 3.52. The number of nitrogens with zero attached hydrogens (tertiary/aromatic N) is 2. The molecule has 1 N–H and O–H groups in total. The monoisotopic (exact) mass is 209 g/mol. The molecule has 1 fully saturated rings. The molecule has 0 saturated carbocycles. The van der Waals surface area contributed by atoms with E-state index in [9.17, 15) is 4.79 Å². The molecule has 0 bridgehead atoms. The SMILES string of the molecule is CCCC(C#N)C(=O)NC1CCN(C)C1. The van der Waals surface area contributed by atoms with Crippen LogP contribution in [0.4, 0.5) is 0 Å². The number of rotatable bonds is 4. The van der Waals surface area contributed by atoms with Crippen molar-refractivity contribution in [2.75, 3.05) is 20.1 Å². The molecular formula is C11H19N3O. The van der Waals surface area contributed by atoms with E-state index >= 15 is 0 Å². The van der Waals surface area contributed by atoms with Gasteiger partial charge >= 0.3 is 0 Å². The molecule has 2 unspecified atom stereocenters. The molecule has 0 radical (unpaired) electrons. The highest BCUT2D eigenvalue weighted by Gasteiger charge is 2.24. The molecule has 15 heavy (non-hydrogen) atoms. The van der Waals surface area contributed by atoms with Crippen molar-refractivity contribution in [1.82, 2.24) is 10.2 Å². The first-order chi connectivity index (χ1) is 7.17. The Morgan fingerprint density at radius 1 is 1.73 bits per heavy atom. The number of likely N-dealkylation sites (tertiary alicyclic amines) is 1. The third-order valence-electron chi connectivity index (χ3n) is 2.79. The van der Waals surface area contributed by atoms with Crippen LogP contribution in [0.5, 0.6) is 0 Å². The lowest BCUT2D eigenvalue weighted by molar-refractivity contribution is -0.124. The minimum atomic E-state index is -0.471. The van der Waals surface area contributed by atoms with Crippen molar-refractivity contribution in [2.24, 2.45) is 5.92 Å². The normalized spacial score (nSPS) is 23.4. The lowest BCUT2D eigenvalue weighted by Crippen LogP contribution is -2.39. The van der Waals surface area contributed by atoms with Gasteiger partial charge in [-0.25, -0.2) is 0 Å². The van der Waals surface area contributed by atoms with Crippen molar-refractivity contribution < 1.29 is 4.79 Å². The molecule has 1 saturated heterocycles. The minimum Gasteiger partial charge on any atom is -0.351 e. The number of hydrogen-bond acceptors (Lipinski definition) is 3. The zero-order valence-electron chi connectivity index (χ0n) is 9.49. The lowest BCUT2D eigenvalue weighted by Gasteiger charge is -2.15. The smallest absolute Gasteiger partial charge is 0.237 e. The summed E-state index contributed by atoms with van der Waals surface area (Å²) in [5.74, 6) is -0.569. The van der Waals surface area contributed by atoms with Crippen LogP contribution in [-0.2, 0) is 4.79 Å². The van der Waals surface area contributed by atoms with E-state index < -0.39 is 5.92 Å². The van der Waals surface area contributed by atoms with E-state index in [4.69, 9.17) is 5.26 Å². The van der Waals surface area contributed by atoms with Crippen LogP contribution in [0.2, 0.25) is 0 Å². The fraction of sp³-hybridized carbons (Fsp3) is 0.818. The van der Waals surface area contributed by atoms with Crippen LogP contribution in [0, 0.1) is 17.2 Å². The second kappa shape index (κ2) is 5.72. The Hall–Kier alpha value is -1.08. The zero-order chi connectivity index (χ0) is 11.3. The second-order valence-electron chi connectivity index (χ2n) is 4.23. The topological polar surface area (TPSA) is 56.1 Å². The number of hydrogen-bond donors (Lipinski definition) is 1. The van der Waals surface area contributed by atoms with Crippen molar-refractivity contribution in [2.45, 2.75) is 32.2 Å². The van der Waals surface area contributed by atoms with Gasteiger partial charge in [-0.3, -0.25) is 4.79 Å². The van der Waals surface area contributed by atoms with E-state index in [0.29, 0.717) is 6.42 Å². The van der Waals surface area contributed by atoms with Crippen molar-refractivity contribution in [1.29, 1.82) is 5.26 Å². The Labute approximate surface area is 91.2 Å². The Kier molecular flexibility index (Phi) is 4.57. The molecule has 4 nitrogen and oxygen atoms in total. The van der Waals surface area contributed by atoms with E-state index in [1.807, 2.05) is 14.0 Å². The molecule has 2 atom stereocenters. The van der Waals surface area contributed by atoms with Crippen LogP contribution < -0.4 is 5.32 Å². The van der Waals surface area contributed by atoms with Crippen LogP contribution in [0.1, 0.15) is 26.2 Å². The number of amides is 1. The maximum Gasteiger partial charge on any atom is 0.237 e. The minimum absolute atomic E-state index is 0.0975. The van der Waals surface area contributed by atoms with Gasteiger partial charge in [0.1, 0.15) is 5.92 Å². The van der Waals surface area contributed by atoms with Crippen LogP contribution >= 0.6 is 0 Å². The van der Waals surface area contributed by atoms with E-state index in [2.05, 4.69) is 16.3 Å². The summed E-state index contributed by atoms with van der Waals surface area (Å²) in [5, 5.41) is 11.8. The van der Waals surface area contributed by atoms with Gasteiger partial charge in [-0.05, 0) is 26.4 Å². The van der Waals surface area contributed by atoms with Crippen LogP contribution in [0.25, 0.3) is 0 Å². The molecule has 1 amide bonds. The van der Waals surface area contributed by atoms with Gasteiger partial charge in [-0.1, -0.05) is 13.3 Å². The highest BCUT2D eigenvalue weighted by atomic mass is 16.1. The number of carbonyl (C=O) groups is 1. The second-order valence-corrected chi connectivity index (χ2v) is 4.23. The first-order valence-corrected chi connectivity index (χ1v) is 5.56. The fourth-order valence-electron chi connectivity index (χ4n) is 1.90. The average molecular weight is 209 g/mol. The zero-order valence-corrected chi connectivity index (χ0v) is 9.49. The van der Waals surface area contributed by atoms with Crippen molar-refractivity contribution in [3.8, 4) is 6.07 Å². The van der Waals surface area contributed by atoms with E-state index in [1.54, 1.807) is 0 Å². The van der Waals surface area contributed by atoms with Crippen LogP contribution in [-0.4, -0.2) is 37.0 Å². The predicted molar refractivity (Wildman–Crippen MR) is 58.1 cm³/mol.